The second kappa shape index (κ2) is 4.78. The lowest BCUT2D eigenvalue weighted by Gasteiger charge is -2.32. The van der Waals surface area contributed by atoms with Gasteiger partial charge in [0.25, 0.3) is 0 Å². The molecule has 1 fully saturated rings. The molecule has 0 bridgehead atoms. The zero-order valence-electron chi connectivity index (χ0n) is 10.9. The van der Waals surface area contributed by atoms with Gasteiger partial charge in [0.1, 0.15) is 11.1 Å². The van der Waals surface area contributed by atoms with Crippen molar-refractivity contribution >= 4 is 23.1 Å². The van der Waals surface area contributed by atoms with Crippen molar-refractivity contribution in [1.29, 1.82) is 0 Å². The van der Waals surface area contributed by atoms with Gasteiger partial charge in [-0.3, -0.25) is 0 Å². The van der Waals surface area contributed by atoms with E-state index in [1.165, 1.54) is 10.6 Å². The Morgan fingerprint density at radius 2 is 2.28 bits per heavy atom. The molecule has 0 aromatic carbocycles. The number of thiazole rings is 1. The molecule has 0 saturated carbocycles. The Morgan fingerprint density at radius 3 is 3.00 bits per heavy atom. The van der Waals surface area contributed by atoms with Crippen LogP contribution in [0.4, 0.5) is 0 Å². The Kier molecular flexibility index (Phi) is 3.43. The van der Waals surface area contributed by atoms with Gasteiger partial charge in [-0.1, -0.05) is 13.8 Å². The van der Waals surface area contributed by atoms with Crippen LogP contribution in [0.25, 0.3) is 0 Å². The van der Waals surface area contributed by atoms with Gasteiger partial charge in [-0.2, -0.15) is 11.8 Å². The summed E-state index contributed by atoms with van der Waals surface area (Å²) in [6, 6.07) is 0.159. The lowest BCUT2D eigenvalue weighted by atomic mass is 9.77. The van der Waals surface area contributed by atoms with E-state index in [4.69, 9.17) is 15.5 Å². The van der Waals surface area contributed by atoms with Crippen molar-refractivity contribution < 1.29 is 4.74 Å². The van der Waals surface area contributed by atoms with Crippen molar-refractivity contribution in [3.63, 3.8) is 0 Å². The molecule has 1 saturated heterocycles. The molecule has 2 atom stereocenters. The Bertz CT molecular complexity index is 438. The number of rotatable bonds is 1. The van der Waals surface area contributed by atoms with E-state index in [0.717, 1.165) is 36.0 Å². The molecule has 100 valence electrons. The fraction of sp³-hybridized carbons (Fsp3) is 0.769. The van der Waals surface area contributed by atoms with Crippen LogP contribution in [-0.4, -0.2) is 23.1 Å². The molecule has 3 nitrogen and oxygen atoms in total. The molecule has 1 aromatic rings. The van der Waals surface area contributed by atoms with Gasteiger partial charge in [-0.15, -0.1) is 11.3 Å². The first-order valence-electron chi connectivity index (χ1n) is 6.50. The third-order valence-electron chi connectivity index (χ3n) is 3.59. The molecule has 3 rings (SSSR count). The molecule has 2 heterocycles. The highest BCUT2D eigenvalue weighted by molar-refractivity contribution is 7.99. The minimum absolute atomic E-state index is 0.159. The van der Waals surface area contributed by atoms with Crippen molar-refractivity contribution in [2.24, 2.45) is 11.1 Å². The van der Waals surface area contributed by atoms with Crippen molar-refractivity contribution in [3.05, 3.63) is 15.6 Å². The van der Waals surface area contributed by atoms with Crippen molar-refractivity contribution in [1.82, 2.24) is 4.98 Å². The zero-order chi connectivity index (χ0) is 12.8. The normalized spacial score (nSPS) is 31.1. The number of fused-ring (bicyclic) bond motifs is 1. The zero-order valence-corrected chi connectivity index (χ0v) is 12.6. The quantitative estimate of drug-likeness (QED) is 0.861. The maximum Gasteiger partial charge on any atom is 0.123 e. The van der Waals surface area contributed by atoms with Crippen LogP contribution >= 0.6 is 23.1 Å². The third kappa shape index (κ3) is 2.46. The molecule has 0 radical (unpaired) electrons. The van der Waals surface area contributed by atoms with Crippen LogP contribution < -0.4 is 5.73 Å². The van der Waals surface area contributed by atoms with Gasteiger partial charge in [-0.05, 0) is 18.3 Å². The fourth-order valence-electron chi connectivity index (χ4n) is 2.78. The van der Waals surface area contributed by atoms with Gasteiger partial charge in [0.2, 0.25) is 0 Å². The second-order valence-corrected chi connectivity index (χ2v) is 8.16. The van der Waals surface area contributed by atoms with Crippen LogP contribution in [0.5, 0.6) is 0 Å². The topological polar surface area (TPSA) is 48.1 Å². The average Bonchev–Trinajstić information content (AvgIpc) is 2.72. The van der Waals surface area contributed by atoms with E-state index < -0.39 is 0 Å². The number of nitrogens with two attached hydrogens (primary N) is 1. The SMILES string of the molecule is CC1(C)Cc2nc(C3CSCCO3)sc2C(N)C1. The van der Waals surface area contributed by atoms with E-state index in [2.05, 4.69) is 13.8 Å². The molecule has 18 heavy (non-hydrogen) atoms. The maximum absolute atomic E-state index is 6.29. The standard InChI is InChI=1S/C13H20N2OS2/c1-13(2)5-8(14)11-9(6-13)15-12(18-11)10-7-17-4-3-16-10/h8,10H,3-7,14H2,1-2H3. The van der Waals surface area contributed by atoms with Gasteiger partial charge in [0.15, 0.2) is 0 Å². The summed E-state index contributed by atoms with van der Waals surface area (Å²) in [5.74, 6) is 2.14. The van der Waals surface area contributed by atoms with Crippen molar-refractivity contribution in [2.45, 2.75) is 38.8 Å². The van der Waals surface area contributed by atoms with Crippen LogP contribution in [-0.2, 0) is 11.2 Å². The Balaban J connectivity index is 1.87. The number of hydrogen-bond donors (Lipinski definition) is 1. The molecule has 2 aliphatic rings. The predicted octanol–water partition coefficient (Wildman–Crippen LogP) is 2.92. The smallest absolute Gasteiger partial charge is 0.123 e. The Hall–Kier alpha value is -0.100. The van der Waals surface area contributed by atoms with E-state index in [1.54, 1.807) is 11.3 Å². The van der Waals surface area contributed by atoms with E-state index in [9.17, 15) is 0 Å². The summed E-state index contributed by atoms with van der Waals surface area (Å²) in [5.41, 5.74) is 7.79. The molecular formula is C13H20N2OS2. The molecule has 2 N–H and O–H groups in total. The lowest BCUT2D eigenvalue weighted by molar-refractivity contribution is 0.0753. The minimum Gasteiger partial charge on any atom is -0.369 e. The Labute approximate surface area is 117 Å². The fourth-order valence-corrected chi connectivity index (χ4v) is 4.87. The summed E-state index contributed by atoms with van der Waals surface area (Å²) in [6.45, 7) is 5.40. The van der Waals surface area contributed by atoms with Crippen LogP contribution in [0.2, 0.25) is 0 Å². The van der Waals surface area contributed by atoms with Gasteiger partial charge >= 0.3 is 0 Å². The summed E-state index contributed by atoms with van der Waals surface area (Å²) in [7, 11) is 0. The number of aromatic nitrogens is 1. The van der Waals surface area contributed by atoms with E-state index >= 15 is 0 Å². The minimum atomic E-state index is 0.159. The number of thioether (sulfide) groups is 1. The molecule has 1 aliphatic heterocycles. The monoisotopic (exact) mass is 284 g/mol. The summed E-state index contributed by atoms with van der Waals surface area (Å²) in [5, 5.41) is 1.14. The predicted molar refractivity (Wildman–Crippen MR) is 77.2 cm³/mol. The maximum atomic E-state index is 6.29. The largest absolute Gasteiger partial charge is 0.369 e. The van der Waals surface area contributed by atoms with E-state index in [1.807, 2.05) is 11.8 Å². The van der Waals surface area contributed by atoms with Gasteiger partial charge in [0.05, 0.1) is 12.3 Å². The Morgan fingerprint density at radius 1 is 1.44 bits per heavy atom. The highest BCUT2D eigenvalue weighted by Crippen LogP contribution is 2.43. The van der Waals surface area contributed by atoms with Crippen LogP contribution in [0.1, 0.15) is 48.0 Å². The molecule has 0 amide bonds. The summed E-state index contributed by atoms with van der Waals surface area (Å²) >= 11 is 3.73. The molecule has 1 aromatic heterocycles. The summed E-state index contributed by atoms with van der Waals surface area (Å²) in [6.07, 6.45) is 2.29. The van der Waals surface area contributed by atoms with Crippen molar-refractivity contribution in [3.8, 4) is 0 Å². The highest BCUT2D eigenvalue weighted by atomic mass is 32.2. The summed E-state index contributed by atoms with van der Waals surface area (Å²) < 4.78 is 5.82. The van der Waals surface area contributed by atoms with Crippen LogP contribution in [0.3, 0.4) is 0 Å². The van der Waals surface area contributed by atoms with Crippen LogP contribution in [0.15, 0.2) is 0 Å². The van der Waals surface area contributed by atoms with Gasteiger partial charge < -0.3 is 10.5 Å². The first-order valence-corrected chi connectivity index (χ1v) is 8.47. The first-order chi connectivity index (χ1) is 8.55. The van der Waals surface area contributed by atoms with E-state index in [-0.39, 0.29) is 17.6 Å². The molecular weight excluding hydrogens is 264 g/mol. The number of nitrogens with zero attached hydrogens (tertiary/aromatic N) is 1. The molecule has 2 unspecified atom stereocenters. The third-order valence-corrected chi connectivity index (χ3v) is 5.91. The highest BCUT2D eigenvalue weighted by Gasteiger charge is 2.34. The molecule has 0 spiro atoms. The lowest BCUT2D eigenvalue weighted by Crippen LogP contribution is -2.28. The van der Waals surface area contributed by atoms with Crippen molar-refractivity contribution in [2.75, 3.05) is 18.1 Å². The van der Waals surface area contributed by atoms with E-state index in [0.29, 0.717) is 0 Å². The van der Waals surface area contributed by atoms with Gasteiger partial charge in [0, 0.05) is 22.4 Å². The van der Waals surface area contributed by atoms with Gasteiger partial charge in [-0.25, -0.2) is 4.98 Å². The summed E-state index contributed by atoms with van der Waals surface area (Å²) in [4.78, 5) is 6.12. The van der Waals surface area contributed by atoms with Crippen LogP contribution in [0, 0.1) is 5.41 Å². The average molecular weight is 284 g/mol. The number of ether oxygens (including phenoxy) is 1. The molecule has 5 heteroatoms. The second-order valence-electron chi connectivity index (χ2n) is 5.95. The first kappa shape index (κ1) is 12.9. The molecule has 1 aliphatic carbocycles. The number of hydrogen-bond acceptors (Lipinski definition) is 5.